The van der Waals surface area contributed by atoms with Crippen LogP contribution < -0.4 is 0 Å². The number of rotatable bonds is 5. The summed E-state index contributed by atoms with van der Waals surface area (Å²) in [6.07, 6.45) is 4.50. The van der Waals surface area contributed by atoms with Gasteiger partial charge < -0.3 is 0 Å². The minimum atomic E-state index is 1.05. The molecular formula is C21H26N2. The number of nitrogens with zero attached hydrogens (tertiary/aromatic N) is 2. The molecule has 0 N–H and O–H groups in total. The van der Waals surface area contributed by atoms with Crippen LogP contribution in [0.25, 0.3) is 6.08 Å². The summed E-state index contributed by atoms with van der Waals surface area (Å²) in [6.45, 7) is 8.93. The fourth-order valence-electron chi connectivity index (χ4n) is 3.10. The van der Waals surface area contributed by atoms with Gasteiger partial charge in [0.25, 0.3) is 0 Å². The second-order valence-electron chi connectivity index (χ2n) is 6.38. The predicted octanol–water partition coefficient (Wildman–Crippen LogP) is 3.83. The molecule has 0 unspecified atom stereocenters. The fourth-order valence-corrected chi connectivity index (χ4v) is 3.10. The minimum Gasteiger partial charge on any atom is -0.297 e. The lowest BCUT2D eigenvalue weighted by atomic mass is 10.1. The van der Waals surface area contributed by atoms with Crippen LogP contribution in [0.2, 0.25) is 0 Å². The summed E-state index contributed by atoms with van der Waals surface area (Å²) in [4.78, 5) is 5.10. The maximum Gasteiger partial charge on any atom is 0.0234 e. The Bertz CT molecular complexity index is 625. The monoisotopic (exact) mass is 306 g/mol. The van der Waals surface area contributed by atoms with E-state index in [1.165, 1.54) is 16.7 Å². The molecule has 1 fully saturated rings. The van der Waals surface area contributed by atoms with Crippen LogP contribution >= 0.6 is 0 Å². The zero-order valence-electron chi connectivity index (χ0n) is 14.0. The molecule has 2 heteroatoms. The van der Waals surface area contributed by atoms with Crippen LogP contribution in [-0.2, 0) is 6.54 Å². The van der Waals surface area contributed by atoms with E-state index in [-0.39, 0.29) is 0 Å². The molecule has 1 saturated heterocycles. The third-order valence-corrected chi connectivity index (χ3v) is 4.43. The highest BCUT2D eigenvalue weighted by Crippen LogP contribution is 2.10. The van der Waals surface area contributed by atoms with E-state index >= 15 is 0 Å². The summed E-state index contributed by atoms with van der Waals surface area (Å²) >= 11 is 0. The van der Waals surface area contributed by atoms with Crippen molar-refractivity contribution >= 4 is 6.08 Å². The van der Waals surface area contributed by atoms with Gasteiger partial charge in [-0.3, -0.25) is 9.80 Å². The first kappa shape index (κ1) is 16.0. The molecule has 0 aliphatic carbocycles. The average Bonchev–Trinajstić information content (AvgIpc) is 2.58. The Labute approximate surface area is 140 Å². The Hall–Kier alpha value is -1.90. The molecule has 0 atom stereocenters. The van der Waals surface area contributed by atoms with Crippen LogP contribution in [0.1, 0.15) is 16.7 Å². The maximum absolute atomic E-state index is 2.56. The summed E-state index contributed by atoms with van der Waals surface area (Å²) in [5.41, 5.74) is 4.07. The van der Waals surface area contributed by atoms with Gasteiger partial charge in [0.1, 0.15) is 0 Å². The Morgan fingerprint density at radius 1 is 0.870 bits per heavy atom. The number of hydrogen-bond donors (Lipinski definition) is 0. The van der Waals surface area contributed by atoms with Crippen molar-refractivity contribution in [2.45, 2.75) is 13.5 Å². The van der Waals surface area contributed by atoms with Crippen molar-refractivity contribution in [2.24, 2.45) is 0 Å². The van der Waals surface area contributed by atoms with E-state index in [0.29, 0.717) is 0 Å². The largest absolute Gasteiger partial charge is 0.297 e. The van der Waals surface area contributed by atoms with Gasteiger partial charge in [0.15, 0.2) is 0 Å². The summed E-state index contributed by atoms with van der Waals surface area (Å²) in [5.74, 6) is 0. The number of piperazine rings is 1. The number of benzene rings is 2. The minimum absolute atomic E-state index is 1.05. The summed E-state index contributed by atoms with van der Waals surface area (Å²) in [5, 5.41) is 0. The lowest BCUT2D eigenvalue weighted by Gasteiger charge is -2.34. The quantitative estimate of drug-likeness (QED) is 0.828. The van der Waals surface area contributed by atoms with Crippen LogP contribution in [0.5, 0.6) is 0 Å². The first-order chi connectivity index (χ1) is 11.3. The third-order valence-electron chi connectivity index (χ3n) is 4.43. The number of aryl methyl sites for hydroxylation is 1. The van der Waals surface area contributed by atoms with Gasteiger partial charge in [-0.15, -0.1) is 0 Å². The van der Waals surface area contributed by atoms with Gasteiger partial charge in [-0.25, -0.2) is 0 Å². The molecule has 0 radical (unpaired) electrons. The van der Waals surface area contributed by atoms with Crippen LogP contribution in [0.3, 0.4) is 0 Å². The highest BCUT2D eigenvalue weighted by Gasteiger charge is 2.15. The van der Waals surface area contributed by atoms with Crippen LogP contribution in [-0.4, -0.2) is 42.5 Å². The first-order valence-corrected chi connectivity index (χ1v) is 8.51. The van der Waals surface area contributed by atoms with Crippen molar-refractivity contribution in [3.63, 3.8) is 0 Å². The number of hydrogen-bond acceptors (Lipinski definition) is 2. The van der Waals surface area contributed by atoms with Crippen molar-refractivity contribution in [3.8, 4) is 0 Å². The van der Waals surface area contributed by atoms with E-state index in [2.05, 4.69) is 83.5 Å². The van der Waals surface area contributed by atoms with E-state index in [1.807, 2.05) is 0 Å². The predicted molar refractivity (Wildman–Crippen MR) is 98.4 cm³/mol. The second kappa shape index (κ2) is 8.09. The topological polar surface area (TPSA) is 6.48 Å². The first-order valence-electron chi connectivity index (χ1n) is 8.51. The van der Waals surface area contributed by atoms with Gasteiger partial charge in [-0.1, -0.05) is 72.3 Å². The molecule has 120 valence electrons. The van der Waals surface area contributed by atoms with Crippen molar-refractivity contribution in [1.29, 1.82) is 0 Å². The summed E-state index contributed by atoms with van der Waals surface area (Å²) in [7, 11) is 0. The maximum atomic E-state index is 2.56. The second-order valence-corrected chi connectivity index (χ2v) is 6.38. The van der Waals surface area contributed by atoms with Gasteiger partial charge in [0.05, 0.1) is 0 Å². The standard InChI is InChI=1S/C21H26N2/c1-19-7-5-10-21(17-19)18-23-15-13-22(14-16-23)12-6-11-20-8-3-2-4-9-20/h2-11,17H,12-16,18H2,1H3. The molecule has 1 heterocycles. The van der Waals surface area contributed by atoms with E-state index in [4.69, 9.17) is 0 Å². The molecule has 23 heavy (non-hydrogen) atoms. The molecule has 3 rings (SSSR count). The average molecular weight is 306 g/mol. The van der Waals surface area contributed by atoms with Crippen molar-refractivity contribution in [2.75, 3.05) is 32.7 Å². The Morgan fingerprint density at radius 2 is 1.61 bits per heavy atom. The Kier molecular flexibility index (Phi) is 5.62. The van der Waals surface area contributed by atoms with E-state index in [0.717, 1.165) is 39.3 Å². The molecule has 0 aromatic heterocycles. The van der Waals surface area contributed by atoms with Crippen LogP contribution in [0.4, 0.5) is 0 Å². The van der Waals surface area contributed by atoms with Crippen molar-refractivity contribution < 1.29 is 0 Å². The van der Waals surface area contributed by atoms with Crippen LogP contribution in [0.15, 0.2) is 60.7 Å². The molecule has 2 aromatic rings. The Morgan fingerprint density at radius 3 is 2.35 bits per heavy atom. The van der Waals surface area contributed by atoms with Gasteiger partial charge in [0, 0.05) is 39.3 Å². The molecule has 0 amide bonds. The van der Waals surface area contributed by atoms with Crippen molar-refractivity contribution in [3.05, 3.63) is 77.4 Å². The summed E-state index contributed by atoms with van der Waals surface area (Å²) < 4.78 is 0. The van der Waals surface area contributed by atoms with E-state index in [1.54, 1.807) is 0 Å². The Balaban J connectivity index is 1.42. The molecule has 0 saturated carbocycles. The molecule has 2 aromatic carbocycles. The fraction of sp³-hybridized carbons (Fsp3) is 0.333. The zero-order chi connectivity index (χ0) is 15.9. The SMILES string of the molecule is Cc1cccc(CN2CCN(CC=Cc3ccccc3)CC2)c1. The van der Waals surface area contributed by atoms with Gasteiger partial charge >= 0.3 is 0 Å². The van der Waals surface area contributed by atoms with Crippen molar-refractivity contribution in [1.82, 2.24) is 9.80 Å². The molecule has 1 aliphatic rings. The molecule has 2 nitrogen and oxygen atoms in total. The van der Waals surface area contributed by atoms with E-state index < -0.39 is 0 Å². The molecule has 1 aliphatic heterocycles. The van der Waals surface area contributed by atoms with Gasteiger partial charge in [-0.2, -0.15) is 0 Å². The van der Waals surface area contributed by atoms with Crippen LogP contribution in [0, 0.1) is 6.92 Å². The lowest BCUT2D eigenvalue weighted by Crippen LogP contribution is -2.45. The third kappa shape index (κ3) is 5.05. The van der Waals surface area contributed by atoms with Gasteiger partial charge in [0.2, 0.25) is 0 Å². The molecule has 0 bridgehead atoms. The van der Waals surface area contributed by atoms with Gasteiger partial charge in [-0.05, 0) is 18.1 Å². The normalized spacial score (nSPS) is 16.9. The summed E-state index contributed by atoms with van der Waals surface area (Å²) in [6, 6.07) is 19.4. The molecule has 0 spiro atoms. The molecular weight excluding hydrogens is 280 g/mol. The lowest BCUT2D eigenvalue weighted by molar-refractivity contribution is 0.137. The smallest absolute Gasteiger partial charge is 0.0234 e. The highest BCUT2D eigenvalue weighted by atomic mass is 15.3. The van der Waals surface area contributed by atoms with E-state index in [9.17, 15) is 0 Å². The zero-order valence-corrected chi connectivity index (χ0v) is 14.0. The highest BCUT2D eigenvalue weighted by molar-refractivity contribution is 5.48.